The monoisotopic (exact) mass is 244 g/mol. The summed E-state index contributed by atoms with van der Waals surface area (Å²) in [4.78, 5) is 11.7. The number of carbonyl (C=O) groups excluding carboxylic acids is 1. The molecule has 0 saturated heterocycles. The highest BCUT2D eigenvalue weighted by molar-refractivity contribution is 5.93. The maximum atomic E-state index is 11.7. The Morgan fingerprint density at radius 1 is 1.61 bits per heavy atom. The van der Waals surface area contributed by atoms with Gasteiger partial charge in [-0.05, 0) is 31.0 Å². The molecule has 1 amide bonds. The molecule has 1 aliphatic carbocycles. The average Bonchev–Trinajstić information content (AvgIpc) is 2.92. The third kappa shape index (κ3) is 2.32. The molecule has 0 aromatic carbocycles. The standard InChI is InChI=1S/C12H12N4O2/c17-12(16-13-7-9-2-1-5-18-9)11-6-10(14-15-11)8-3-4-8/h1-2,5-8H,3-4H2,(H,14,15)(H,16,17)/b13-7-. The van der Waals surface area contributed by atoms with Crippen LogP contribution < -0.4 is 5.43 Å². The van der Waals surface area contributed by atoms with E-state index in [1.807, 2.05) is 0 Å². The van der Waals surface area contributed by atoms with Crippen LogP contribution in [0.15, 0.2) is 34.0 Å². The predicted octanol–water partition coefficient (Wildman–Crippen LogP) is 1.64. The summed E-state index contributed by atoms with van der Waals surface area (Å²) in [7, 11) is 0. The van der Waals surface area contributed by atoms with Gasteiger partial charge in [0.05, 0.1) is 12.5 Å². The second-order valence-electron chi connectivity index (χ2n) is 4.20. The Morgan fingerprint density at radius 2 is 2.50 bits per heavy atom. The molecule has 3 rings (SSSR count). The highest BCUT2D eigenvalue weighted by atomic mass is 16.3. The molecule has 0 spiro atoms. The summed E-state index contributed by atoms with van der Waals surface area (Å²) in [5.74, 6) is 0.794. The van der Waals surface area contributed by atoms with E-state index in [0.29, 0.717) is 17.4 Å². The van der Waals surface area contributed by atoms with E-state index in [0.717, 1.165) is 5.69 Å². The summed E-state index contributed by atoms with van der Waals surface area (Å²) in [6, 6.07) is 5.27. The van der Waals surface area contributed by atoms with Crippen LogP contribution in [0, 0.1) is 0 Å². The number of nitrogens with zero attached hydrogens (tertiary/aromatic N) is 2. The minimum Gasteiger partial charge on any atom is -0.463 e. The van der Waals surface area contributed by atoms with E-state index in [1.165, 1.54) is 19.1 Å². The predicted molar refractivity (Wildman–Crippen MR) is 64.3 cm³/mol. The first kappa shape index (κ1) is 10.8. The number of hydrogen-bond donors (Lipinski definition) is 2. The maximum Gasteiger partial charge on any atom is 0.291 e. The van der Waals surface area contributed by atoms with Crippen LogP contribution in [0.4, 0.5) is 0 Å². The second kappa shape index (κ2) is 4.48. The van der Waals surface area contributed by atoms with Crippen LogP contribution in [0.25, 0.3) is 0 Å². The molecule has 6 nitrogen and oxygen atoms in total. The van der Waals surface area contributed by atoms with Crippen LogP contribution >= 0.6 is 0 Å². The molecular formula is C12H12N4O2. The third-order valence-electron chi connectivity index (χ3n) is 2.75. The zero-order valence-corrected chi connectivity index (χ0v) is 9.59. The van der Waals surface area contributed by atoms with Gasteiger partial charge < -0.3 is 4.42 Å². The van der Waals surface area contributed by atoms with Crippen LogP contribution in [-0.2, 0) is 0 Å². The van der Waals surface area contributed by atoms with Gasteiger partial charge in [-0.2, -0.15) is 10.2 Å². The van der Waals surface area contributed by atoms with Crippen molar-refractivity contribution in [2.45, 2.75) is 18.8 Å². The van der Waals surface area contributed by atoms with E-state index in [1.54, 1.807) is 24.5 Å². The van der Waals surface area contributed by atoms with Gasteiger partial charge in [0.25, 0.3) is 5.91 Å². The number of furan rings is 1. The SMILES string of the molecule is O=C(N/N=C\c1ccco1)c1cc(C2CC2)[nH]n1. The third-order valence-corrected chi connectivity index (χ3v) is 2.75. The molecular weight excluding hydrogens is 232 g/mol. The van der Waals surface area contributed by atoms with Crippen molar-refractivity contribution in [1.29, 1.82) is 0 Å². The van der Waals surface area contributed by atoms with Gasteiger partial charge in [0, 0.05) is 11.6 Å². The molecule has 18 heavy (non-hydrogen) atoms. The molecule has 6 heteroatoms. The largest absolute Gasteiger partial charge is 0.463 e. The lowest BCUT2D eigenvalue weighted by Crippen LogP contribution is -2.17. The molecule has 2 aromatic rings. The highest BCUT2D eigenvalue weighted by Gasteiger charge is 2.26. The summed E-state index contributed by atoms with van der Waals surface area (Å²) in [6.45, 7) is 0. The lowest BCUT2D eigenvalue weighted by Gasteiger charge is -1.93. The molecule has 1 aliphatic rings. The Labute approximate surface area is 103 Å². The van der Waals surface area contributed by atoms with E-state index in [-0.39, 0.29) is 5.91 Å². The summed E-state index contributed by atoms with van der Waals surface area (Å²) in [6.07, 6.45) is 5.31. The summed E-state index contributed by atoms with van der Waals surface area (Å²) < 4.78 is 5.04. The normalized spacial score (nSPS) is 15.1. The molecule has 0 bridgehead atoms. The quantitative estimate of drug-likeness (QED) is 0.633. The minimum atomic E-state index is -0.332. The van der Waals surface area contributed by atoms with Crippen molar-refractivity contribution in [3.8, 4) is 0 Å². The number of hydrazone groups is 1. The smallest absolute Gasteiger partial charge is 0.291 e. The molecule has 2 heterocycles. The first-order valence-corrected chi connectivity index (χ1v) is 5.75. The number of hydrogen-bond acceptors (Lipinski definition) is 4. The van der Waals surface area contributed by atoms with E-state index in [2.05, 4.69) is 20.7 Å². The molecule has 0 aliphatic heterocycles. The first-order chi connectivity index (χ1) is 8.83. The number of H-pyrrole nitrogens is 1. The molecule has 92 valence electrons. The fraction of sp³-hybridized carbons (Fsp3) is 0.250. The van der Waals surface area contributed by atoms with Crippen molar-refractivity contribution in [3.63, 3.8) is 0 Å². The van der Waals surface area contributed by atoms with Crippen molar-refractivity contribution in [3.05, 3.63) is 41.6 Å². The highest BCUT2D eigenvalue weighted by Crippen LogP contribution is 2.38. The van der Waals surface area contributed by atoms with Gasteiger partial charge in [0.2, 0.25) is 0 Å². The zero-order chi connectivity index (χ0) is 12.4. The van der Waals surface area contributed by atoms with Crippen molar-refractivity contribution in [1.82, 2.24) is 15.6 Å². The molecule has 1 saturated carbocycles. The molecule has 0 unspecified atom stereocenters. The average molecular weight is 244 g/mol. The van der Waals surface area contributed by atoms with Gasteiger partial charge in [0.1, 0.15) is 5.76 Å². The summed E-state index contributed by atoms with van der Waals surface area (Å²) in [5, 5.41) is 10.6. The molecule has 2 N–H and O–H groups in total. The maximum absolute atomic E-state index is 11.7. The van der Waals surface area contributed by atoms with Crippen molar-refractivity contribution in [2.75, 3.05) is 0 Å². The van der Waals surface area contributed by atoms with Gasteiger partial charge in [0.15, 0.2) is 5.69 Å². The van der Waals surface area contributed by atoms with Gasteiger partial charge in [-0.15, -0.1) is 0 Å². The Hall–Kier alpha value is -2.37. The van der Waals surface area contributed by atoms with E-state index >= 15 is 0 Å². The van der Waals surface area contributed by atoms with Gasteiger partial charge >= 0.3 is 0 Å². The van der Waals surface area contributed by atoms with Crippen LogP contribution in [-0.4, -0.2) is 22.3 Å². The number of aromatic nitrogens is 2. The number of carbonyl (C=O) groups is 1. The van der Waals surface area contributed by atoms with E-state index < -0.39 is 0 Å². The van der Waals surface area contributed by atoms with Gasteiger partial charge in [-0.1, -0.05) is 0 Å². The zero-order valence-electron chi connectivity index (χ0n) is 9.59. The lowest BCUT2D eigenvalue weighted by molar-refractivity contribution is 0.0950. The van der Waals surface area contributed by atoms with E-state index in [9.17, 15) is 4.79 Å². The topological polar surface area (TPSA) is 83.3 Å². The summed E-state index contributed by atoms with van der Waals surface area (Å²) >= 11 is 0. The van der Waals surface area contributed by atoms with Crippen LogP contribution in [0.2, 0.25) is 0 Å². The first-order valence-electron chi connectivity index (χ1n) is 5.75. The molecule has 0 radical (unpaired) electrons. The number of nitrogens with one attached hydrogen (secondary N) is 2. The van der Waals surface area contributed by atoms with Crippen LogP contribution in [0.1, 0.15) is 40.7 Å². The van der Waals surface area contributed by atoms with Gasteiger partial charge in [-0.3, -0.25) is 9.89 Å². The Morgan fingerprint density at radius 3 is 3.22 bits per heavy atom. The van der Waals surface area contributed by atoms with Crippen molar-refractivity contribution < 1.29 is 9.21 Å². The number of aromatic amines is 1. The molecule has 1 fully saturated rings. The Bertz CT molecular complexity index is 567. The van der Waals surface area contributed by atoms with Gasteiger partial charge in [-0.25, -0.2) is 5.43 Å². The Kier molecular flexibility index (Phi) is 2.68. The van der Waals surface area contributed by atoms with Crippen LogP contribution in [0.3, 0.4) is 0 Å². The minimum absolute atomic E-state index is 0.332. The second-order valence-corrected chi connectivity index (χ2v) is 4.20. The number of rotatable bonds is 4. The Balaban J connectivity index is 1.60. The summed E-state index contributed by atoms with van der Waals surface area (Å²) in [5.41, 5.74) is 3.78. The fourth-order valence-corrected chi connectivity index (χ4v) is 1.63. The lowest BCUT2D eigenvalue weighted by atomic mass is 10.2. The molecule has 2 aromatic heterocycles. The van der Waals surface area contributed by atoms with Crippen LogP contribution in [0.5, 0.6) is 0 Å². The van der Waals surface area contributed by atoms with Crippen molar-refractivity contribution >= 4 is 12.1 Å². The van der Waals surface area contributed by atoms with E-state index in [4.69, 9.17) is 4.42 Å². The fourth-order valence-electron chi connectivity index (χ4n) is 1.63. The van der Waals surface area contributed by atoms with Crippen molar-refractivity contribution in [2.24, 2.45) is 5.10 Å². The molecule has 0 atom stereocenters. The number of amides is 1.